The predicted molar refractivity (Wildman–Crippen MR) is 78.6 cm³/mol. The number of rotatable bonds is 3. The molecule has 1 heterocycles. The van der Waals surface area contributed by atoms with Crippen LogP contribution in [0.4, 0.5) is 5.69 Å². The molecular formula is C15H22ClN2O+. The molecular weight excluding hydrogens is 260 g/mol. The predicted octanol–water partition coefficient (Wildman–Crippen LogP) is 1.84. The smallest absolute Gasteiger partial charge is 0.279 e. The zero-order valence-electron chi connectivity index (χ0n) is 11.6. The van der Waals surface area contributed by atoms with E-state index in [-0.39, 0.29) is 5.91 Å². The normalized spacial score (nSPS) is 27.0. The number of quaternary nitrogens is 1. The van der Waals surface area contributed by atoms with Crippen molar-refractivity contribution in [3.05, 3.63) is 29.3 Å². The summed E-state index contributed by atoms with van der Waals surface area (Å²) < 4.78 is 0. The van der Waals surface area contributed by atoms with Gasteiger partial charge in [-0.05, 0) is 30.7 Å². The van der Waals surface area contributed by atoms with Gasteiger partial charge in [-0.25, -0.2) is 0 Å². The SMILES string of the molecule is C[C@@H]1C[C@@H](C)C[NH+](CC(=O)Nc2ccc(Cl)cc2)C1. The van der Waals surface area contributed by atoms with E-state index < -0.39 is 0 Å². The molecule has 104 valence electrons. The van der Waals surface area contributed by atoms with Crippen LogP contribution < -0.4 is 10.2 Å². The summed E-state index contributed by atoms with van der Waals surface area (Å²) in [5.74, 6) is 1.50. The van der Waals surface area contributed by atoms with Gasteiger partial charge in [-0.15, -0.1) is 0 Å². The minimum absolute atomic E-state index is 0.0821. The largest absolute Gasteiger partial charge is 0.327 e. The molecule has 2 atom stereocenters. The highest BCUT2D eigenvalue weighted by atomic mass is 35.5. The molecule has 1 aromatic rings. The second-order valence-corrected chi connectivity index (χ2v) is 6.27. The third-order valence-corrected chi connectivity index (χ3v) is 3.87. The van der Waals surface area contributed by atoms with Gasteiger partial charge in [0.1, 0.15) is 0 Å². The van der Waals surface area contributed by atoms with Crippen LogP contribution >= 0.6 is 11.6 Å². The van der Waals surface area contributed by atoms with Gasteiger partial charge in [0.05, 0.1) is 13.1 Å². The van der Waals surface area contributed by atoms with Gasteiger partial charge in [-0.2, -0.15) is 0 Å². The first-order valence-electron chi connectivity index (χ1n) is 6.92. The molecule has 0 saturated carbocycles. The Kier molecular flexibility index (Phi) is 4.83. The molecule has 1 aliphatic rings. The van der Waals surface area contributed by atoms with Crippen molar-refractivity contribution in [3.8, 4) is 0 Å². The Balaban J connectivity index is 1.85. The molecule has 0 aliphatic carbocycles. The lowest BCUT2D eigenvalue weighted by molar-refractivity contribution is -0.904. The summed E-state index contributed by atoms with van der Waals surface area (Å²) in [6.07, 6.45) is 1.28. The van der Waals surface area contributed by atoms with Crippen molar-refractivity contribution in [2.24, 2.45) is 11.8 Å². The summed E-state index contributed by atoms with van der Waals surface area (Å²) in [5.41, 5.74) is 0.812. The quantitative estimate of drug-likeness (QED) is 0.871. The van der Waals surface area contributed by atoms with Crippen LogP contribution in [0.15, 0.2) is 24.3 Å². The topological polar surface area (TPSA) is 33.5 Å². The van der Waals surface area contributed by atoms with Crippen LogP contribution in [0.5, 0.6) is 0 Å². The third-order valence-electron chi connectivity index (χ3n) is 3.62. The van der Waals surface area contributed by atoms with Crippen LogP contribution in [0.3, 0.4) is 0 Å². The van der Waals surface area contributed by atoms with Gasteiger partial charge >= 0.3 is 0 Å². The van der Waals surface area contributed by atoms with E-state index in [1.54, 1.807) is 12.1 Å². The number of carbonyl (C=O) groups excluding carboxylic acids is 1. The zero-order valence-corrected chi connectivity index (χ0v) is 12.3. The number of hydrogen-bond acceptors (Lipinski definition) is 1. The molecule has 2 N–H and O–H groups in total. The van der Waals surface area contributed by atoms with Gasteiger partial charge in [-0.3, -0.25) is 4.79 Å². The fourth-order valence-electron chi connectivity index (χ4n) is 3.03. The van der Waals surface area contributed by atoms with Crippen LogP contribution in [0.25, 0.3) is 0 Å². The van der Waals surface area contributed by atoms with E-state index in [2.05, 4.69) is 19.2 Å². The van der Waals surface area contributed by atoms with Crippen LogP contribution in [0, 0.1) is 11.8 Å². The molecule has 1 saturated heterocycles. The van der Waals surface area contributed by atoms with Crippen molar-refractivity contribution in [2.75, 3.05) is 25.0 Å². The minimum Gasteiger partial charge on any atom is -0.327 e. The molecule has 4 heteroatoms. The molecule has 2 rings (SSSR count). The van der Waals surface area contributed by atoms with Gasteiger partial charge in [0, 0.05) is 22.5 Å². The van der Waals surface area contributed by atoms with Crippen molar-refractivity contribution in [3.63, 3.8) is 0 Å². The summed E-state index contributed by atoms with van der Waals surface area (Å²) in [7, 11) is 0. The van der Waals surface area contributed by atoms with E-state index in [9.17, 15) is 4.79 Å². The highest BCUT2D eigenvalue weighted by molar-refractivity contribution is 6.30. The molecule has 0 unspecified atom stereocenters. The summed E-state index contributed by atoms with van der Waals surface area (Å²) in [5, 5.41) is 3.61. The Labute approximate surface area is 119 Å². The van der Waals surface area contributed by atoms with Crippen LogP contribution in [-0.2, 0) is 4.79 Å². The summed E-state index contributed by atoms with van der Waals surface area (Å²) >= 11 is 5.82. The van der Waals surface area contributed by atoms with Crippen molar-refractivity contribution in [2.45, 2.75) is 20.3 Å². The number of nitrogens with one attached hydrogen (secondary N) is 2. The first kappa shape index (κ1) is 14.4. The van der Waals surface area contributed by atoms with Crippen molar-refractivity contribution in [1.82, 2.24) is 0 Å². The average molecular weight is 282 g/mol. The number of likely N-dealkylation sites (tertiary alicyclic amines) is 1. The lowest BCUT2D eigenvalue weighted by atomic mass is 9.92. The summed E-state index contributed by atoms with van der Waals surface area (Å²) in [4.78, 5) is 13.4. The second-order valence-electron chi connectivity index (χ2n) is 5.84. The molecule has 0 aromatic heterocycles. The van der Waals surface area contributed by atoms with E-state index in [1.165, 1.54) is 11.3 Å². The van der Waals surface area contributed by atoms with Crippen LogP contribution in [-0.4, -0.2) is 25.5 Å². The highest BCUT2D eigenvalue weighted by Crippen LogP contribution is 2.13. The molecule has 3 nitrogen and oxygen atoms in total. The Hall–Kier alpha value is -1.06. The van der Waals surface area contributed by atoms with Crippen molar-refractivity contribution in [1.29, 1.82) is 0 Å². The maximum atomic E-state index is 12.0. The van der Waals surface area contributed by atoms with Crippen molar-refractivity contribution >= 4 is 23.2 Å². The summed E-state index contributed by atoms with van der Waals surface area (Å²) in [6.45, 7) is 7.29. The highest BCUT2D eigenvalue weighted by Gasteiger charge is 2.26. The lowest BCUT2D eigenvalue weighted by Gasteiger charge is -2.31. The Morgan fingerprint density at radius 1 is 1.26 bits per heavy atom. The van der Waals surface area contributed by atoms with Crippen molar-refractivity contribution < 1.29 is 9.69 Å². The number of anilines is 1. The summed E-state index contributed by atoms with van der Waals surface area (Å²) in [6, 6.07) is 7.23. The fourth-order valence-corrected chi connectivity index (χ4v) is 3.16. The van der Waals surface area contributed by atoms with Gasteiger partial charge < -0.3 is 10.2 Å². The molecule has 1 aliphatic heterocycles. The van der Waals surface area contributed by atoms with Crippen LogP contribution in [0.2, 0.25) is 5.02 Å². The molecule has 0 spiro atoms. The first-order chi connectivity index (χ1) is 9.02. The fraction of sp³-hybridized carbons (Fsp3) is 0.533. The Morgan fingerprint density at radius 3 is 2.42 bits per heavy atom. The van der Waals surface area contributed by atoms with E-state index >= 15 is 0 Å². The number of halogens is 1. The van der Waals surface area contributed by atoms with Gasteiger partial charge in [0.25, 0.3) is 5.91 Å². The number of amides is 1. The Bertz CT molecular complexity index is 422. The van der Waals surface area contributed by atoms with E-state index in [4.69, 9.17) is 11.6 Å². The Morgan fingerprint density at radius 2 is 1.84 bits per heavy atom. The number of benzene rings is 1. The van der Waals surface area contributed by atoms with Gasteiger partial charge in [-0.1, -0.05) is 25.4 Å². The average Bonchev–Trinajstić information content (AvgIpc) is 2.30. The molecule has 0 bridgehead atoms. The monoisotopic (exact) mass is 281 g/mol. The second kappa shape index (κ2) is 6.40. The molecule has 19 heavy (non-hydrogen) atoms. The van der Waals surface area contributed by atoms with Crippen LogP contribution in [0.1, 0.15) is 20.3 Å². The maximum Gasteiger partial charge on any atom is 0.279 e. The van der Waals surface area contributed by atoms with E-state index in [0.717, 1.165) is 18.8 Å². The first-order valence-corrected chi connectivity index (χ1v) is 7.29. The van der Waals surface area contributed by atoms with Gasteiger partial charge in [0.2, 0.25) is 0 Å². The molecule has 1 aromatic carbocycles. The molecule has 1 amide bonds. The van der Waals surface area contributed by atoms with E-state index in [0.29, 0.717) is 23.4 Å². The maximum absolute atomic E-state index is 12.0. The number of piperidine rings is 1. The molecule has 1 fully saturated rings. The number of hydrogen-bond donors (Lipinski definition) is 2. The molecule has 0 radical (unpaired) electrons. The lowest BCUT2D eigenvalue weighted by Crippen LogP contribution is -3.15. The standard InChI is InChI=1S/C15H21ClN2O/c1-11-7-12(2)9-18(8-11)10-15(19)17-14-5-3-13(16)4-6-14/h3-6,11-12H,7-10H2,1-2H3,(H,17,19)/p+1/t11-,12-/m1/s1. The van der Waals surface area contributed by atoms with E-state index in [1.807, 2.05) is 12.1 Å². The minimum atomic E-state index is 0.0821. The third kappa shape index (κ3) is 4.51. The van der Waals surface area contributed by atoms with Gasteiger partial charge in [0.15, 0.2) is 6.54 Å². The number of carbonyl (C=O) groups is 1. The zero-order chi connectivity index (χ0) is 13.8.